The number of hydrogen-bond donors (Lipinski definition) is 2. The van der Waals surface area contributed by atoms with E-state index in [0.717, 1.165) is 49.1 Å². The highest BCUT2D eigenvalue weighted by molar-refractivity contribution is 8.04. The van der Waals surface area contributed by atoms with Gasteiger partial charge in [-0.05, 0) is 25.0 Å². The molecule has 3 fully saturated rings. The molecule has 188 valence electrons. The van der Waals surface area contributed by atoms with Crippen molar-refractivity contribution in [3.8, 4) is 5.75 Å². The van der Waals surface area contributed by atoms with Crippen LogP contribution in [0.5, 0.6) is 5.75 Å². The molecule has 0 aromatic heterocycles. The molecular formula is C24H37N5O3S2. The first-order chi connectivity index (χ1) is 16.5. The second kappa shape index (κ2) is 12.0. The first-order valence-electron chi connectivity index (χ1n) is 12.3. The lowest BCUT2D eigenvalue weighted by Crippen LogP contribution is -2.67. The number of rotatable bonds is 9. The number of benzene rings is 1. The number of amides is 2. The number of nitrogens with two attached hydrogens (primary N) is 1. The quantitative estimate of drug-likeness (QED) is 0.389. The molecule has 0 bridgehead atoms. The van der Waals surface area contributed by atoms with Crippen molar-refractivity contribution in [1.82, 2.24) is 20.2 Å². The molecule has 2 amide bonds. The van der Waals surface area contributed by atoms with Crippen LogP contribution in [-0.2, 0) is 9.59 Å². The van der Waals surface area contributed by atoms with E-state index in [9.17, 15) is 9.59 Å². The standard InChI is InChI=1S/C24H37N5O3S2/c1-32-20-9-5-6-10-21(20)33-18-24(26-11-16-34-24)29(23(31)17-22(25)30)28-14-12-27(13-15-28)19-7-3-2-4-8-19/h5-6,9-10,19,26H,2-4,7-8,11-18H2,1H3,(H2,25,30)/t24-/m0/s1. The van der Waals surface area contributed by atoms with Crippen molar-refractivity contribution >= 4 is 35.3 Å². The minimum atomic E-state index is -0.634. The second-order valence-electron chi connectivity index (χ2n) is 9.13. The van der Waals surface area contributed by atoms with Gasteiger partial charge in [-0.25, -0.2) is 10.0 Å². The van der Waals surface area contributed by atoms with Crippen molar-refractivity contribution in [2.45, 2.75) is 54.5 Å². The zero-order valence-corrected chi connectivity index (χ0v) is 21.7. The molecule has 10 heteroatoms. The molecule has 34 heavy (non-hydrogen) atoms. The fourth-order valence-corrected chi connectivity index (χ4v) is 7.89. The highest BCUT2D eigenvalue weighted by atomic mass is 32.2. The molecular weight excluding hydrogens is 470 g/mol. The number of hydrogen-bond acceptors (Lipinski definition) is 8. The van der Waals surface area contributed by atoms with Gasteiger partial charge in [-0.15, -0.1) is 23.5 Å². The summed E-state index contributed by atoms with van der Waals surface area (Å²) in [4.78, 5) is 28.2. The van der Waals surface area contributed by atoms with Crippen LogP contribution < -0.4 is 15.8 Å². The summed E-state index contributed by atoms with van der Waals surface area (Å²) in [5, 5.41) is 7.58. The molecule has 2 heterocycles. The Bertz CT molecular complexity index is 838. The number of thioether (sulfide) groups is 2. The summed E-state index contributed by atoms with van der Waals surface area (Å²) in [6.45, 7) is 4.21. The first kappa shape index (κ1) is 25.6. The summed E-state index contributed by atoms with van der Waals surface area (Å²) in [6, 6.07) is 8.60. The molecule has 0 unspecified atom stereocenters. The maximum Gasteiger partial charge on any atom is 0.248 e. The monoisotopic (exact) mass is 507 g/mol. The fraction of sp³-hybridized carbons (Fsp3) is 0.667. The van der Waals surface area contributed by atoms with E-state index in [1.807, 2.05) is 29.3 Å². The lowest BCUT2D eigenvalue weighted by atomic mass is 9.94. The Kier molecular flexibility index (Phi) is 9.03. The van der Waals surface area contributed by atoms with Gasteiger partial charge in [0.2, 0.25) is 11.8 Å². The molecule has 1 aromatic carbocycles. The van der Waals surface area contributed by atoms with Crippen LogP contribution in [0, 0.1) is 0 Å². The van der Waals surface area contributed by atoms with Crippen LogP contribution in [0.3, 0.4) is 0 Å². The van der Waals surface area contributed by atoms with Gasteiger partial charge in [-0.3, -0.25) is 19.8 Å². The van der Waals surface area contributed by atoms with Crippen molar-refractivity contribution in [2.75, 3.05) is 51.3 Å². The van der Waals surface area contributed by atoms with Gasteiger partial charge in [-0.1, -0.05) is 31.4 Å². The number of methoxy groups -OCH3 is 1. The molecule has 2 saturated heterocycles. The van der Waals surface area contributed by atoms with Gasteiger partial charge in [0, 0.05) is 55.2 Å². The van der Waals surface area contributed by atoms with Crippen LogP contribution in [-0.4, -0.2) is 89.1 Å². The minimum absolute atomic E-state index is 0.235. The molecule has 1 atom stereocenters. The van der Waals surface area contributed by atoms with E-state index < -0.39 is 10.9 Å². The Morgan fingerprint density at radius 2 is 1.94 bits per heavy atom. The van der Waals surface area contributed by atoms with E-state index in [-0.39, 0.29) is 12.3 Å². The number of ether oxygens (including phenoxy) is 1. The first-order valence-corrected chi connectivity index (χ1v) is 14.2. The van der Waals surface area contributed by atoms with Crippen LogP contribution in [0.1, 0.15) is 38.5 Å². The van der Waals surface area contributed by atoms with Gasteiger partial charge in [0.1, 0.15) is 12.2 Å². The maximum atomic E-state index is 13.4. The van der Waals surface area contributed by atoms with E-state index in [0.29, 0.717) is 11.8 Å². The van der Waals surface area contributed by atoms with Crippen molar-refractivity contribution in [2.24, 2.45) is 5.73 Å². The van der Waals surface area contributed by atoms with Crippen LogP contribution in [0.25, 0.3) is 0 Å². The number of carbonyl (C=O) groups excluding carboxylic acids is 2. The van der Waals surface area contributed by atoms with Crippen molar-refractivity contribution in [3.63, 3.8) is 0 Å². The number of para-hydroxylation sites is 1. The Morgan fingerprint density at radius 3 is 2.59 bits per heavy atom. The SMILES string of the molecule is COc1ccccc1SC[C@@]1(N(C(=O)CC(N)=O)N2CCN(C3CCCCC3)CC2)NCCS1. The Morgan fingerprint density at radius 1 is 1.21 bits per heavy atom. The molecule has 4 rings (SSSR count). The molecule has 1 aromatic rings. The number of nitrogens with one attached hydrogen (secondary N) is 1. The van der Waals surface area contributed by atoms with E-state index >= 15 is 0 Å². The summed E-state index contributed by atoms with van der Waals surface area (Å²) in [6.07, 6.45) is 6.26. The normalized spacial score (nSPS) is 24.7. The van der Waals surface area contributed by atoms with E-state index in [4.69, 9.17) is 10.5 Å². The average molecular weight is 508 g/mol. The van der Waals surface area contributed by atoms with E-state index in [1.165, 1.54) is 32.1 Å². The maximum absolute atomic E-state index is 13.4. The smallest absolute Gasteiger partial charge is 0.248 e. The highest BCUT2D eigenvalue weighted by Gasteiger charge is 2.47. The van der Waals surface area contributed by atoms with Gasteiger partial charge in [0.25, 0.3) is 0 Å². The number of hydrazine groups is 1. The number of nitrogens with zero attached hydrogens (tertiary/aromatic N) is 3. The topological polar surface area (TPSA) is 91.1 Å². The summed E-state index contributed by atoms with van der Waals surface area (Å²) >= 11 is 3.40. The third-order valence-electron chi connectivity index (χ3n) is 6.90. The summed E-state index contributed by atoms with van der Waals surface area (Å²) in [7, 11) is 1.67. The third-order valence-corrected chi connectivity index (χ3v) is 9.65. The van der Waals surface area contributed by atoms with Crippen LogP contribution in [0.2, 0.25) is 0 Å². The van der Waals surface area contributed by atoms with Crippen molar-refractivity contribution in [1.29, 1.82) is 0 Å². The summed E-state index contributed by atoms with van der Waals surface area (Å²) < 4.78 is 5.53. The molecule has 3 N–H and O–H groups in total. The van der Waals surface area contributed by atoms with Crippen molar-refractivity contribution < 1.29 is 14.3 Å². The summed E-state index contributed by atoms with van der Waals surface area (Å²) in [5.41, 5.74) is 5.46. The predicted octanol–water partition coefficient (Wildman–Crippen LogP) is 2.35. The van der Waals surface area contributed by atoms with Gasteiger partial charge < -0.3 is 10.5 Å². The van der Waals surface area contributed by atoms with Crippen LogP contribution in [0.4, 0.5) is 0 Å². The molecule has 3 aliphatic rings. The van der Waals surface area contributed by atoms with E-state index in [1.54, 1.807) is 30.6 Å². The molecule has 1 aliphatic carbocycles. The zero-order chi connectivity index (χ0) is 24.0. The van der Waals surface area contributed by atoms with Crippen LogP contribution >= 0.6 is 23.5 Å². The van der Waals surface area contributed by atoms with Gasteiger partial charge in [0.15, 0.2) is 4.99 Å². The lowest BCUT2D eigenvalue weighted by Gasteiger charge is -2.50. The lowest BCUT2D eigenvalue weighted by molar-refractivity contribution is -0.165. The number of piperazine rings is 1. The Labute approximate surface area is 211 Å². The molecule has 2 aliphatic heterocycles. The summed E-state index contributed by atoms with van der Waals surface area (Å²) in [5.74, 6) is 1.52. The van der Waals surface area contributed by atoms with E-state index in [2.05, 4.69) is 15.2 Å². The predicted molar refractivity (Wildman–Crippen MR) is 138 cm³/mol. The van der Waals surface area contributed by atoms with Gasteiger partial charge in [-0.2, -0.15) is 0 Å². The second-order valence-corrected chi connectivity index (χ2v) is 11.5. The van der Waals surface area contributed by atoms with Crippen LogP contribution in [0.15, 0.2) is 29.2 Å². The molecule has 1 saturated carbocycles. The van der Waals surface area contributed by atoms with Gasteiger partial charge in [0.05, 0.1) is 7.11 Å². The van der Waals surface area contributed by atoms with Crippen molar-refractivity contribution in [3.05, 3.63) is 24.3 Å². The number of primary amides is 1. The fourth-order valence-electron chi connectivity index (χ4n) is 5.25. The Balaban J connectivity index is 1.52. The molecule has 8 nitrogen and oxygen atoms in total. The largest absolute Gasteiger partial charge is 0.496 e. The molecule has 0 radical (unpaired) electrons. The number of carbonyl (C=O) groups is 2. The average Bonchev–Trinajstić information content (AvgIpc) is 3.33. The minimum Gasteiger partial charge on any atom is -0.496 e. The Hall–Kier alpha value is -1.46. The third kappa shape index (κ3) is 6.02. The highest BCUT2D eigenvalue weighted by Crippen LogP contribution is 2.40. The molecule has 0 spiro atoms. The van der Waals surface area contributed by atoms with Gasteiger partial charge >= 0.3 is 0 Å². The zero-order valence-electron chi connectivity index (χ0n) is 20.0.